The molecule has 7 aliphatic rings. The minimum atomic E-state index is -2.96. The van der Waals surface area contributed by atoms with Crippen LogP contribution in [0.5, 0.6) is 0 Å². The number of esters is 2. The van der Waals surface area contributed by atoms with Crippen LogP contribution in [0, 0.1) is 28.6 Å². The molecule has 12 nitrogen and oxygen atoms in total. The Kier molecular flexibility index (Phi) is 9.96. The Bertz CT molecular complexity index is 2520. The van der Waals surface area contributed by atoms with Gasteiger partial charge in [-0.25, -0.2) is 13.6 Å². The van der Waals surface area contributed by atoms with Crippen LogP contribution in [-0.4, -0.2) is 131 Å². The monoisotopic (exact) mass is 880 g/mol. The summed E-state index contributed by atoms with van der Waals surface area (Å²) >= 11 is 0. The zero-order chi connectivity index (χ0) is 45.3. The molecule has 1 saturated carbocycles. The van der Waals surface area contributed by atoms with E-state index in [1.165, 1.54) is 14.0 Å². The van der Waals surface area contributed by atoms with E-state index in [1.807, 2.05) is 72.5 Å². The van der Waals surface area contributed by atoms with E-state index in [4.69, 9.17) is 14.2 Å². The predicted molar refractivity (Wildman–Crippen MR) is 234 cm³/mol. The average molecular weight is 881 g/mol. The number of halogens is 2. The highest BCUT2D eigenvalue weighted by molar-refractivity contribution is 5.93. The first-order chi connectivity index (χ1) is 30.5. The molecule has 6 heterocycles. The van der Waals surface area contributed by atoms with Gasteiger partial charge in [0.15, 0.2) is 6.10 Å². The zero-order valence-electron chi connectivity index (χ0n) is 37.3. The van der Waals surface area contributed by atoms with Gasteiger partial charge in [-0.3, -0.25) is 19.4 Å². The van der Waals surface area contributed by atoms with E-state index in [2.05, 4.69) is 26.9 Å². The Labute approximate surface area is 371 Å². The molecule has 14 heteroatoms. The highest BCUT2D eigenvalue weighted by atomic mass is 19.3. The number of nitrogens with zero attached hydrogens (tertiary/aromatic N) is 3. The predicted octanol–water partition coefficient (Wildman–Crippen LogP) is 6.30. The fraction of sp³-hybridized carbons (Fsp3) is 0.540. The number of ether oxygens (including phenoxy) is 3. The van der Waals surface area contributed by atoms with E-state index < -0.39 is 81.8 Å². The van der Waals surface area contributed by atoms with Gasteiger partial charge in [-0.15, -0.1) is 0 Å². The molecule has 1 aromatic heterocycles. The molecule has 5 aliphatic heterocycles. The fourth-order valence-corrected chi connectivity index (χ4v) is 14.4. The highest BCUT2D eigenvalue weighted by Gasteiger charge is 2.81. The molecule has 0 amide bonds. The molecule has 3 aromatic rings. The van der Waals surface area contributed by atoms with Gasteiger partial charge in [-0.2, -0.15) is 0 Å². The number of aromatic amines is 1. The summed E-state index contributed by atoms with van der Waals surface area (Å²) in [4.78, 5) is 52.3. The third-order valence-electron chi connectivity index (χ3n) is 16.7. The van der Waals surface area contributed by atoms with Crippen molar-refractivity contribution in [1.29, 1.82) is 0 Å². The molecular weight excluding hydrogens is 823 g/mol. The van der Waals surface area contributed by atoms with Crippen LogP contribution in [-0.2, 0) is 40.6 Å². The summed E-state index contributed by atoms with van der Waals surface area (Å²) in [7, 11) is 4.72. The molecule has 2 aromatic carbocycles. The molecule has 4 unspecified atom stereocenters. The number of carbonyl (C=O) groups excluding carboxylic acids is 2. The Balaban J connectivity index is 1.24. The van der Waals surface area contributed by atoms with Crippen molar-refractivity contribution >= 4 is 28.8 Å². The number of methoxy groups -OCH3 is 2. The standard InChI is InChI=1S/C50H58F2N4O8/c1-7-47-16-11-18-56-19-17-48(41(47)56)35-22-36(39(62-5)23-38(35)54(4)42(48)50(61,44(58)59)43(47)64-28(2)57)49(45(60)63-6)24-29-20-32(46(3,51)52)26-55(25-29)27-34-33-21-31(30-12-9-8-10-13-30)14-15-37(33)53-40(34)49/h8-16,21-23,29,32,36,39,41-43,53,61H,7,17-20,24-27H2,1-6H3,(H,58,59)/t29-,32?,36?,39?,41+,42-,43-,47-,48-,49+,50+/m1/s1. The van der Waals surface area contributed by atoms with Crippen molar-refractivity contribution in [3.8, 4) is 11.1 Å². The second-order valence-electron chi connectivity index (χ2n) is 19.8. The number of benzene rings is 2. The molecule has 12 atom stereocenters. The summed E-state index contributed by atoms with van der Waals surface area (Å²) in [5, 5.41) is 25.3. The Morgan fingerprint density at radius 3 is 2.47 bits per heavy atom. The molecule has 4 fully saturated rings. The SMILES string of the molecule is CC[C@]12C=CCN3CC[C@@]4(C5=CC([C@@]6(C(=O)OC)C[C@H]7CC(C(C)(F)F)CN(Cc8c6[nH]c6ccc(-c9ccccc9)cc86)C7)C(OC)C=C5N(C)[C@H]4[C@@](O)(C(=O)O)[C@@H]1OC(C)=O)[C@@H]32. The van der Waals surface area contributed by atoms with Crippen LogP contribution in [0.4, 0.5) is 8.78 Å². The minimum Gasteiger partial charge on any atom is -0.479 e. The second-order valence-corrected chi connectivity index (χ2v) is 19.8. The summed E-state index contributed by atoms with van der Waals surface area (Å²) < 4.78 is 49.5. The molecule has 2 aliphatic carbocycles. The highest BCUT2D eigenvalue weighted by Crippen LogP contribution is 2.70. The number of alkyl halides is 2. The van der Waals surface area contributed by atoms with Gasteiger partial charge in [-0.05, 0) is 85.5 Å². The quantitative estimate of drug-likeness (QED) is 0.173. The van der Waals surface area contributed by atoms with Crippen molar-refractivity contribution in [2.45, 2.75) is 94.2 Å². The lowest BCUT2D eigenvalue weighted by molar-refractivity contribution is -0.241. The topological polar surface area (TPSA) is 145 Å². The number of nitrogens with one attached hydrogen (secondary N) is 1. The van der Waals surface area contributed by atoms with Gasteiger partial charge in [0.25, 0.3) is 0 Å². The molecule has 340 valence electrons. The second kappa shape index (κ2) is 14.8. The number of aliphatic hydroxyl groups is 1. The van der Waals surface area contributed by atoms with Crippen LogP contribution in [0.25, 0.3) is 22.0 Å². The number of rotatable bonds is 8. The summed E-state index contributed by atoms with van der Waals surface area (Å²) in [6, 6.07) is 14.7. The van der Waals surface area contributed by atoms with E-state index in [1.54, 1.807) is 14.2 Å². The van der Waals surface area contributed by atoms with Gasteiger partial charge in [-0.1, -0.05) is 61.5 Å². The van der Waals surface area contributed by atoms with Crippen molar-refractivity contribution in [2.75, 3.05) is 47.4 Å². The number of aromatic nitrogens is 1. The van der Waals surface area contributed by atoms with Crippen molar-refractivity contribution in [2.24, 2.45) is 28.6 Å². The van der Waals surface area contributed by atoms with Crippen LogP contribution in [0.2, 0.25) is 0 Å². The van der Waals surface area contributed by atoms with Crippen LogP contribution < -0.4 is 0 Å². The summed E-state index contributed by atoms with van der Waals surface area (Å²) in [6.45, 7) is 6.35. The zero-order valence-corrected chi connectivity index (χ0v) is 37.3. The number of piperidine rings is 1. The molecule has 64 heavy (non-hydrogen) atoms. The number of carbonyl (C=O) groups is 3. The molecule has 10 rings (SSSR count). The molecule has 2 bridgehead atoms. The normalized spacial score (nSPS) is 37.6. The number of aliphatic carboxylic acids is 1. The summed E-state index contributed by atoms with van der Waals surface area (Å²) in [5.74, 6) is -7.74. The molecule has 3 N–H and O–H groups in total. The lowest BCUT2D eigenvalue weighted by atomic mass is 9.47. The van der Waals surface area contributed by atoms with Crippen molar-refractivity contribution in [1.82, 2.24) is 19.7 Å². The number of hydrogen-bond donors (Lipinski definition) is 3. The summed E-state index contributed by atoms with van der Waals surface area (Å²) in [5.41, 5.74) is -0.515. The van der Waals surface area contributed by atoms with Crippen LogP contribution in [0.1, 0.15) is 57.7 Å². The average Bonchev–Trinajstić information content (AvgIpc) is 3.92. The first-order valence-electron chi connectivity index (χ1n) is 22.6. The van der Waals surface area contributed by atoms with E-state index >= 15 is 13.6 Å². The largest absolute Gasteiger partial charge is 0.479 e. The number of carboxylic acid groups (broad SMARTS) is 1. The molecule has 3 saturated heterocycles. The van der Waals surface area contributed by atoms with Gasteiger partial charge in [0.05, 0.1) is 19.3 Å². The number of allylic oxidation sites excluding steroid dienone is 1. The smallest absolute Gasteiger partial charge is 0.341 e. The van der Waals surface area contributed by atoms with Crippen molar-refractivity contribution < 1.29 is 47.6 Å². The number of likely N-dealkylation sites (tertiary alicyclic amines) is 1. The minimum absolute atomic E-state index is 0.169. The first kappa shape index (κ1) is 43.0. The summed E-state index contributed by atoms with van der Waals surface area (Å²) in [6.07, 6.45) is 6.96. The third kappa shape index (κ3) is 5.73. The van der Waals surface area contributed by atoms with Gasteiger partial charge in [0, 0.05) is 98.3 Å². The van der Waals surface area contributed by atoms with Gasteiger partial charge < -0.3 is 34.3 Å². The number of fused-ring (bicyclic) bond motifs is 6. The van der Waals surface area contributed by atoms with E-state index in [0.29, 0.717) is 50.4 Å². The maximum Gasteiger partial charge on any atom is 0.341 e. The molecular formula is C50H58F2N4O8. The van der Waals surface area contributed by atoms with Gasteiger partial charge in [0.2, 0.25) is 11.5 Å². The Morgan fingerprint density at radius 2 is 1.80 bits per heavy atom. The van der Waals surface area contributed by atoms with E-state index in [-0.39, 0.29) is 25.3 Å². The first-order valence-corrected chi connectivity index (χ1v) is 22.6. The number of carboxylic acids is 1. The molecule has 0 radical (unpaired) electrons. The van der Waals surface area contributed by atoms with E-state index in [0.717, 1.165) is 40.1 Å². The van der Waals surface area contributed by atoms with Gasteiger partial charge in [0.1, 0.15) is 5.41 Å². The lowest BCUT2D eigenvalue weighted by Crippen LogP contribution is -2.79. The Hall–Kier alpha value is -4.89. The van der Waals surface area contributed by atoms with Crippen LogP contribution in [0.3, 0.4) is 0 Å². The van der Waals surface area contributed by atoms with Crippen LogP contribution in [0.15, 0.2) is 84.1 Å². The maximum atomic E-state index is 15.5. The molecule has 1 spiro atoms. The third-order valence-corrected chi connectivity index (χ3v) is 16.7. The van der Waals surface area contributed by atoms with Crippen molar-refractivity contribution in [3.63, 3.8) is 0 Å². The Morgan fingerprint density at radius 1 is 1.03 bits per heavy atom. The fourth-order valence-electron chi connectivity index (χ4n) is 14.4. The number of H-pyrrole nitrogens is 1. The van der Waals surface area contributed by atoms with Crippen molar-refractivity contribution in [3.05, 3.63) is 95.4 Å². The number of hydrogen-bond acceptors (Lipinski definition) is 10. The van der Waals surface area contributed by atoms with Crippen LogP contribution >= 0.6 is 0 Å². The number of likely N-dealkylation sites (N-methyl/N-ethyl adjacent to an activating group) is 1. The lowest BCUT2D eigenvalue weighted by Gasteiger charge is -2.63. The maximum absolute atomic E-state index is 15.5. The van der Waals surface area contributed by atoms with Gasteiger partial charge >= 0.3 is 17.9 Å². The van der Waals surface area contributed by atoms with E-state index in [9.17, 15) is 19.8 Å².